The zero-order valence-corrected chi connectivity index (χ0v) is 34.1. The average molecular weight is 746 g/mol. The quantitative estimate of drug-likeness (QED) is 0.0206. The van der Waals surface area contributed by atoms with Crippen LogP contribution in [0.5, 0.6) is 0 Å². The van der Waals surface area contributed by atoms with Crippen LogP contribution in [0.1, 0.15) is 142 Å². The van der Waals surface area contributed by atoms with Crippen molar-refractivity contribution >= 4 is 17.9 Å². The number of unbranched alkanes of at least 4 members (excludes halogenated alkanes) is 11. The SMILES string of the molecule is CC/C=C\C/C=C\C/C=C\C/C=C\CCCCCCC(=O)OC(COC(=O)CCCCCCC/C=C\CCCC)COC(OCC[N+](C)(C)C)C(=O)[O-]. The maximum absolute atomic E-state index is 12.7. The lowest BCUT2D eigenvalue weighted by Crippen LogP contribution is -2.44. The normalized spacial score (nSPS) is 13.6. The van der Waals surface area contributed by atoms with Crippen LogP contribution in [0.3, 0.4) is 0 Å². The summed E-state index contributed by atoms with van der Waals surface area (Å²) in [6, 6.07) is 0. The fourth-order valence-electron chi connectivity index (χ4n) is 5.03. The number of carbonyl (C=O) groups excluding carboxylic acids is 3. The van der Waals surface area contributed by atoms with Crippen molar-refractivity contribution in [3.63, 3.8) is 0 Å². The molecule has 0 aliphatic rings. The van der Waals surface area contributed by atoms with Crippen molar-refractivity contribution in [3.05, 3.63) is 60.8 Å². The molecule has 0 fully saturated rings. The Bertz CT molecular complexity index is 1060. The van der Waals surface area contributed by atoms with Gasteiger partial charge in [-0.2, -0.15) is 0 Å². The monoisotopic (exact) mass is 746 g/mol. The van der Waals surface area contributed by atoms with Gasteiger partial charge in [0, 0.05) is 12.8 Å². The summed E-state index contributed by atoms with van der Waals surface area (Å²) in [4.78, 5) is 36.8. The molecule has 0 aromatic rings. The number of quaternary nitrogens is 1. The lowest BCUT2D eigenvalue weighted by molar-refractivity contribution is -0.870. The largest absolute Gasteiger partial charge is 0.545 e. The number of carboxylic acids is 1. The first-order valence-corrected chi connectivity index (χ1v) is 20.4. The van der Waals surface area contributed by atoms with E-state index >= 15 is 0 Å². The Balaban J connectivity index is 4.56. The Morgan fingerprint density at radius 3 is 1.62 bits per heavy atom. The van der Waals surface area contributed by atoms with Crippen LogP contribution >= 0.6 is 0 Å². The van der Waals surface area contributed by atoms with Gasteiger partial charge in [0.05, 0.1) is 40.3 Å². The minimum Gasteiger partial charge on any atom is -0.545 e. The van der Waals surface area contributed by atoms with Crippen molar-refractivity contribution in [3.8, 4) is 0 Å². The van der Waals surface area contributed by atoms with Crippen LogP contribution < -0.4 is 5.11 Å². The number of nitrogens with zero attached hydrogens (tertiary/aromatic N) is 1. The summed E-state index contributed by atoms with van der Waals surface area (Å²) in [7, 11) is 5.88. The van der Waals surface area contributed by atoms with Gasteiger partial charge in [0.1, 0.15) is 13.2 Å². The van der Waals surface area contributed by atoms with Gasteiger partial charge in [-0.25, -0.2) is 0 Å². The Hall–Kier alpha value is -3.01. The summed E-state index contributed by atoms with van der Waals surface area (Å²) in [5, 5.41) is 11.6. The Kier molecular flexibility index (Phi) is 33.9. The fourth-order valence-corrected chi connectivity index (χ4v) is 5.03. The third-order valence-corrected chi connectivity index (χ3v) is 8.25. The van der Waals surface area contributed by atoms with E-state index in [1.165, 1.54) is 12.8 Å². The fraction of sp³-hybridized carbons (Fsp3) is 0.705. The molecule has 0 aromatic carbocycles. The zero-order valence-electron chi connectivity index (χ0n) is 34.1. The van der Waals surface area contributed by atoms with Crippen LogP contribution in [0.2, 0.25) is 0 Å². The standard InChI is InChI=1S/C44H75NO8/c1-6-8-10-12-14-16-18-19-20-21-22-23-25-27-29-31-33-35-42(47)53-40(39-52-44(43(48)49)50-37-36-45(3,4)5)38-51-41(46)34-32-30-28-26-24-17-15-13-11-9-7-2/h8,10,13-16,19-20,22-23,40,44H,6-7,9,11-12,17-18,21,24-39H2,1-5H3/b10-8-,15-13-,16-14-,20-19-,23-22-. The van der Waals surface area contributed by atoms with Crippen molar-refractivity contribution in [2.24, 2.45) is 0 Å². The van der Waals surface area contributed by atoms with E-state index in [1.807, 2.05) is 21.1 Å². The molecular formula is C44H75NO8. The van der Waals surface area contributed by atoms with Crippen LogP contribution in [0.25, 0.3) is 0 Å². The molecule has 0 amide bonds. The van der Waals surface area contributed by atoms with Crippen molar-refractivity contribution in [1.29, 1.82) is 0 Å². The van der Waals surface area contributed by atoms with Crippen LogP contribution in [0.15, 0.2) is 60.8 Å². The molecule has 53 heavy (non-hydrogen) atoms. The topological polar surface area (TPSA) is 111 Å². The summed E-state index contributed by atoms with van der Waals surface area (Å²) >= 11 is 0. The predicted molar refractivity (Wildman–Crippen MR) is 214 cm³/mol. The number of ether oxygens (including phenoxy) is 4. The summed E-state index contributed by atoms with van der Waals surface area (Å²) in [6.07, 6.45) is 38.2. The second kappa shape index (κ2) is 36.0. The van der Waals surface area contributed by atoms with E-state index in [4.69, 9.17) is 18.9 Å². The molecule has 0 saturated heterocycles. The second-order valence-electron chi connectivity index (χ2n) is 14.5. The highest BCUT2D eigenvalue weighted by Crippen LogP contribution is 2.12. The molecular weight excluding hydrogens is 670 g/mol. The van der Waals surface area contributed by atoms with E-state index < -0.39 is 24.3 Å². The van der Waals surface area contributed by atoms with Crippen molar-refractivity contribution in [2.45, 2.75) is 155 Å². The number of allylic oxidation sites excluding steroid dienone is 10. The van der Waals surface area contributed by atoms with E-state index in [0.29, 0.717) is 17.4 Å². The van der Waals surface area contributed by atoms with E-state index in [-0.39, 0.29) is 38.6 Å². The van der Waals surface area contributed by atoms with Gasteiger partial charge in [0.15, 0.2) is 12.4 Å². The zero-order chi connectivity index (χ0) is 39.3. The molecule has 0 radical (unpaired) electrons. The minimum absolute atomic E-state index is 0.138. The van der Waals surface area contributed by atoms with Gasteiger partial charge in [0.2, 0.25) is 0 Å². The predicted octanol–water partition coefficient (Wildman–Crippen LogP) is 8.88. The maximum Gasteiger partial charge on any atom is 0.306 e. The molecule has 9 heteroatoms. The molecule has 0 aliphatic heterocycles. The van der Waals surface area contributed by atoms with Crippen LogP contribution in [-0.2, 0) is 33.3 Å². The second-order valence-corrected chi connectivity index (χ2v) is 14.5. The molecule has 0 rings (SSSR count). The van der Waals surface area contributed by atoms with E-state index in [9.17, 15) is 19.5 Å². The first kappa shape index (κ1) is 50.0. The van der Waals surface area contributed by atoms with Gasteiger partial charge in [-0.15, -0.1) is 0 Å². The van der Waals surface area contributed by atoms with Crippen LogP contribution in [-0.4, -0.2) is 82.3 Å². The lowest BCUT2D eigenvalue weighted by atomic mass is 10.1. The van der Waals surface area contributed by atoms with Crippen LogP contribution in [0, 0.1) is 0 Å². The molecule has 0 bridgehead atoms. The summed E-state index contributed by atoms with van der Waals surface area (Å²) < 4.78 is 22.4. The Labute approximate surface area is 323 Å². The van der Waals surface area contributed by atoms with Crippen LogP contribution in [0.4, 0.5) is 0 Å². The van der Waals surface area contributed by atoms with Gasteiger partial charge in [-0.1, -0.05) is 120 Å². The number of carbonyl (C=O) groups is 3. The first-order chi connectivity index (χ1) is 25.6. The number of likely N-dealkylation sites (N-methyl/N-ethyl adjacent to an activating group) is 1. The maximum atomic E-state index is 12.7. The van der Waals surface area contributed by atoms with E-state index in [2.05, 4.69) is 74.6 Å². The Morgan fingerprint density at radius 1 is 0.585 bits per heavy atom. The highest BCUT2D eigenvalue weighted by Gasteiger charge is 2.21. The molecule has 0 aliphatic carbocycles. The van der Waals surface area contributed by atoms with Gasteiger partial charge in [0.25, 0.3) is 0 Å². The van der Waals surface area contributed by atoms with E-state index in [0.717, 1.165) is 96.3 Å². The van der Waals surface area contributed by atoms with Gasteiger partial charge < -0.3 is 33.3 Å². The highest BCUT2D eigenvalue weighted by molar-refractivity contribution is 5.70. The molecule has 0 heterocycles. The molecule has 0 saturated carbocycles. The average Bonchev–Trinajstić information content (AvgIpc) is 3.11. The first-order valence-electron chi connectivity index (χ1n) is 20.4. The molecule has 0 spiro atoms. The van der Waals surface area contributed by atoms with Gasteiger partial charge in [-0.05, 0) is 70.6 Å². The van der Waals surface area contributed by atoms with E-state index in [1.54, 1.807) is 0 Å². The summed E-state index contributed by atoms with van der Waals surface area (Å²) in [5.74, 6) is -2.34. The number of hydrogen-bond donors (Lipinski definition) is 0. The summed E-state index contributed by atoms with van der Waals surface area (Å²) in [5.41, 5.74) is 0. The smallest absolute Gasteiger partial charge is 0.306 e. The lowest BCUT2D eigenvalue weighted by Gasteiger charge is -2.26. The number of aliphatic carboxylic acids is 1. The molecule has 304 valence electrons. The van der Waals surface area contributed by atoms with Gasteiger partial charge in [-0.3, -0.25) is 9.59 Å². The number of esters is 2. The van der Waals surface area contributed by atoms with Gasteiger partial charge >= 0.3 is 11.9 Å². The molecule has 9 nitrogen and oxygen atoms in total. The van der Waals surface area contributed by atoms with Crippen molar-refractivity contribution in [1.82, 2.24) is 0 Å². The number of carboxylic acid groups (broad SMARTS) is 1. The number of hydrogen-bond acceptors (Lipinski definition) is 8. The minimum atomic E-state index is -1.63. The molecule has 2 unspecified atom stereocenters. The summed E-state index contributed by atoms with van der Waals surface area (Å²) in [6.45, 7) is 4.51. The van der Waals surface area contributed by atoms with Crippen molar-refractivity contribution < 1.29 is 42.9 Å². The molecule has 0 aromatic heterocycles. The van der Waals surface area contributed by atoms with Crippen molar-refractivity contribution in [2.75, 3.05) is 47.5 Å². The molecule has 0 N–H and O–H groups in total. The number of rotatable bonds is 36. The Morgan fingerprint density at radius 2 is 1.08 bits per heavy atom. The highest BCUT2D eigenvalue weighted by atomic mass is 16.7. The molecule has 2 atom stereocenters. The third-order valence-electron chi connectivity index (χ3n) is 8.25. The third kappa shape index (κ3) is 37.1.